The highest BCUT2D eigenvalue weighted by Crippen LogP contribution is 2.28. The summed E-state index contributed by atoms with van der Waals surface area (Å²) in [7, 11) is 0. The molecule has 0 radical (unpaired) electrons. The Kier molecular flexibility index (Phi) is 9.81. The van der Waals surface area contributed by atoms with Crippen molar-refractivity contribution in [1.82, 2.24) is 10.3 Å². The lowest BCUT2D eigenvalue weighted by Crippen LogP contribution is -2.30. The van der Waals surface area contributed by atoms with Gasteiger partial charge in [0.2, 0.25) is 5.91 Å². The molecule has 0 fully saturated rings. The van der Waals surface area contributed by atoms with Crippen LogP contribution < -0.4 is 16.0 Å². The van der Waals surface area contributed by atoms with Gasteiger partial charge in [-0.15, -0.1) is 23.1 Å². The van der Waals surface area contributed by atoms with Gasteiger partial charge in [0, 0.05) is 32.7 Å². The van der Waals surface area contributed by atoms with Crippen molar-refractivity contribution in [3.63, 3.8) is 0 Å². The molecule has 6 rings (SSSR count). The molecule has 10 heteroatoms. The van der Waals surface area contributed by atoms with Gasteiger partial charge in [-0.3, -0.25) is 14.4 Å². The van der Waals surface area contributed by atoms with E-state index in [0.29, 0.717) is 16.4 Å². The maximum absolute atomic E-state index is 14.4. The number of carbonyl (C=O) groups is 3. The van der Waals surface area contributed by atoms with E-state index < -0.39 is 17.6 Å². The van der Waals surface area contributed by atoms with Crippen LogP contribution in [0.3, 0.4) is 0 Å². The molecule has 0 saturated carbocycles. The van der Waals surface area contributed by atoms with Crippen LogP contribution in [0.2, 0.25) is 0 Å². The van der Waals surface area contributed by atoms with Crippen LogP contribution in [0.25, 0.3) is 28.1 Å². The summed E-state index contributed by atoms with van der Waals surface area (Å²) in [5.41, 5.74) is 2.56. The molecule has 0 saturated heterocycles. The van der Waals surface area contributed by atoms with Crippen LogP contribution in [0, 0.1) is 5.82 Å². The zero-order chi connectivity index (χ0) is 32.6. The van der Waals surface area contributed by atoms with E-state index in [4.69, 9.17) is 0 Å². The quantitative estimate of drug-likeness (QED) is 0.102. The van der Waals surface area contributed by atoms with Gasteiger partial charge in [-0.2, -0.15) is 0 Å². The number of benzene rings is 5. The number of rotatable bonds is 10. The highest BCUT2D eigenvalue weighted by Gasteiger charge is 2.16. The largest absolute Gasteiger partial charge is 0.321 e. The fourth-order valence-corrected chi connectivity index (χ4v) is 6.16. The Morgan fingerprint density at radius 2 is 1.55 bits per heavy atom. The second-order valence-corrected chi connectivity index (χ2v) is 12.2. The summed E-state index contributed by atoms with van der Waals surface area (Å²) >= 11 is 2.65. The minimum absolute atomic E-state index is 0.119. The Hall–Kier alpha value is -5.58. The average molecular weight is 659 g/mol. The molecule has 6 aromatic rings. The summed E-state index contributed by atoms with van der Waals surface area (Å²) in [6, 6.07) is 35.6. The number of fused-ring (bicyclic) bond motifs is 1. The third-order valence-electron chi connectivity index (χ3n) is 6.99. The molecule has 3 N–H and O–H groups in total. The smallest absolute Gasteiger partial charge is 0.272 e. The van der Waals surface area contributed by atoms with Crippen LogP contribution in [0.4, 0.5) is 15.2 Å². The van der Waals surface area contributed by atoms with Gasteiger partial charge in [-0.05, 0) is 59.3 Å². The van der Waals surface area contributed by atoms with Crippen molar-refractivity contribution in [1.29, 1.82) is 0 Å². The second-order valence-electron chi connectivity index (χ2n) is 10.3. The molecule has 3 amide bonds. The van der Waals surface area contributed by atoms with Gasteiger partial charge in [0.25, 0.3) is 11.8 Å². The van der Waals surface area contributed by atoms with Crippen molar-refractivity contribution >= 4 is 68.5 Å². The van der Waals surface area contributed by atoms with Gasteiger partial charge in [-0.1, -0.05) is 78.9 Å². The third kappa shape index (κ3) is 8.18. The number of carbonyl (C=O) groups excluding carboxylic acids is 3. The highest BCUT2D eigenvalue weighted by molar-refractivity contribution is 8.00. The maximum Gasteiger partial charge on any atom is 0.272 e. The van der Waals surface area contributed by atoms with Crippen LogP contribution in [0.1, 0.15) is 15.9 Å². The number of nitrogens with zero attached hydrogens (tertiary/aromatic N) is 1. The number of hydrogen-bond acceptors (Lipinski definition) is 6. The van der Waals surface area contributed by atoms with E-state index in [2.05, 4.69) is 45.2 Å². The van der Waals surface area contributed by atoms with E-state index in [9.17, 15) is 18.8 Å². The number of anilines is 2. The first-order valence-corrected chi connectivity index (χ1v) is 16.4. The molecule has 1 heterocycles. The van der Waals surface area contributed by atoms with Crippen molar-refractivity contribution in [2.75, 3.05) is 16.4 Å². The highest BCUT2D eigenvalue weighted by atomic mass is 32.2. The van der Waals surface area contributed by atoms with Crippen molar-refractivity contribution < 1.29 is 18.8 Å². The molecule has 232 valence electrons. The molecular formula is C37H27FN4O3S2. The maximum atomic E-state index is 14.4. The van der Waals surface area contributed by atoms with Crippen molar-refractivity contribution in [2.45, 2.75) is 4.90 Å². The van der Waals surface area contributed by atoms with Crippen LogP contribution >= 0.6 is 23.1 Å². The first kappa shape index (κ1) is 31.4. The number of halogens is 1. The number of thioether (sulfide) groups is 1. The minimum atomic E-state index is -0.636. The van der Waals surface area contributed by atoms with Crippen molar-refractivity contribution in [3.05, 3.63) is 149 Å². The molecule has 7 nitrogen and oxygen atoms in total. The molecule has 5 aromatic carbocycles. The van der Waals surface area contributed by atoms with Crippen LogP contribution in [-0.4, -0.2) is 28.5 Å². The number of thiazole rings is 1. The Morgan fingerprint density at radius 1 is 0.787 bits per heavy atom. The summed E-state index contributed by atoms with van der Waals surface area (Å²) in [5, 5.41) is 12.9. The zero-order valence-electron chi connectivity index (χ0n) is 24.8. The molecular weight excluding hydrogens is 632 g/mol. The number of hydrogen-bond donors (Lipinski definition) is 3. The molecule has 1 aromatic heterocycles. The van der Waals surface area contributed by atoms with Crippen molar-refractivity contribution in [2.24, 2.45) is 0 Å². The van der Waals surface area contributed by atoms with Gasteiger partial charge in [0.1, 0.15) is 11.5 Å². The van der Waals surface area contributed by atoms with E-state index in [1.54, 1.807) is 60.7 Å². The molecule has 0 aliphatic carbocycles. The SMILES string of the molecule is O=C(CSc1cccc(NC(=O)/C(=C/c2ccccc2F)NC(=O)c2ccccc2)c1)Nc1nc(-c2ccc3ccccc3c2)cs1. The second kappa shape index (κ2) is 14.7. The lowest BCUT2D eigenvalue weighted by Gasteiger charge is -2.12. The van der Waals surface area contributed by atoms with Crippen LogP contribution in [-0.2, 0) is 9.59 Å². The van der Waals surface area contributed by atoms with Gasteiger partial charge < -0.3 is 16.0 Å². The van der Waals surface area contributed by atoms with Gasteiger partial charge in [0.15, 0.2) is 5.13 Å². The standard InChI is InChI=1S/C37H27FN4O3S2/c38-31-16-7-6-13-27(31)20-32(40-35(44)25-10-2-1-3-11-25)36(45)39-29-14-8-15-30(21-29)46-23-34(43)42-37-41-33(22-47-37)28-18-17-24-9-4-5-12-26(24)19-28/h1-22H,23H2,(H,39,45)(H,40,44)(H,41,42,43)/b32-20-. The average Bonchev–Trinajstić information content (AvgIpc) is 3.56. The number of aromatic nitrogens is 1. The lowest BCUT2D eigenvalue weighted by atomic mass is 10.1. The lowest BCUT2D eigenvalue weighted by molar-refractivity contribution is -0.114. The van der Waals surface area contributed by atoms with Crippen LogP contribution in [0.5, 0.6) is 0 Å². The topological polar surface area (TPSA) is 100 Å². The first-order valence-electron chi connectivity index (χ1n) is 14.5. The molecule has 0 atom stereocenters. The molecule has 0 spiro atoms. The van der Waals surface area contributed by atoms with E-state index in [1.165, 1.54) is 41.3 Å². The fraction of sp³-hybridized carbons (Fsp3) is 0.0270. The normalized spacial score (nSPS) is 11.2. The van der Waals surface area contributed by atoms with Gasteiger partial charge in [0.05, 0.1) is 11.4 Å². The predicted octanol–water partition coefficient (Wildman–Crippen LogP) is 8.24. The summed E-state index contributed by atoms with van der Waals surface area (Å²) < 4.78 is 14.4. The summed E-state index contributed by atoms with van der Waals surface area (Å²) in [5.74, 6) is -1.78. The minimum Gasteiger partial charge on any atom is -0.321 e. The molecule has 0 bridgehead atoms. The zero-order valence-corrected chi connectivity index (χ0v) is 26.4. The predicted molar refractivity (Wildman–Crippen MR) is 188 cm³/mol. The van der Waals surface area contributed by atoms with Gasteiger partial charge in [-0.25, -0.2) is 9.37 Å². The Balaban J connectivity index is 1.09. The number of nitrogens with one attached hydrogen (secondary N) is 3. The molecule has 47 heavy (non-hydrogen) atoms. The third-order valence-corrected chi connectivity index (χ3v) is 8.74. The molecule has 0 aliphatic rings. The Morgan fingerprint density at radius 3 is 2.38 bits per heavy atom. The summed E-state index contributed by atoms with van der Waals surface area (Å²) in [4.78, 5) is 44.3. The van der Waals surface area contributed by atoms with E-state index >= 15 is 0 Å². The van der Waals surface area contributed by atoms with Crippen LogP contribution in [0.15, 0.2) is 137 Å². The van der Waals surface area contributed by atoms with E-state index in [-0.39, 0.29) is 22.9 Å². The van der Waals surface area contributed by atoms with Gasteiger partial charge >= 0.3 is 0 Å². The molecule has 0 unspecified atom stereocenters. The fourth-order valence-electron chi connectivity index (χ4n) is 4.67. The monoisotopic (exact) mass is 658 g/mol. The number of amides is 3. The van der Waals surface area contributed by atoms with E-state index in [0.717, 1.165) is 26.9 Å². The Labute approximate surface area is 278 Å². The molecule has 0 aliphatic heterocycles. The van der Waals surface area contributed by atoms with E-state index in [1.807, 2.05) is 29.6 Å². The summed E-state index contributed by atoms with van der Waals surface area (Å²) in [6.45, 7) is 0. The Bertz CT molecular complexity index is 2110. The summed E-state index contributed by atoms with van der Waals surface area (Å²) in [6.07, 6.45) is 1.29. The van der Waals surface area contributed by atoms with Crippen molar-refractivity contribution in [3.8, 4) is 11.3 Å². The first-order chi connectivity index (χ1) is 22.9.